The Balaban J connectivity index is 1.66. The van der Waals surface area contributed by atoms with Gasteiger partial charge in [-0.15, -0.1) is 16.4 Å². The molecule has 4 rings (SSSR count). The third-order valence-electron chi connectivity index (χ3n) is 3.49. The largest absolute Gasteiger partial charge is 0.289 e. The van der Waals surface area contributed by atoms with Crippen molar-refractivity contribution < 1.29 is 4.79 Å². The molecule has 2 aromatic heterocycles. The summed E-state index contributed by atoms with van der Waals surface area (Å²) < 4.78 is 2.48. The van der Waals surface area contributed by atoms with Gasteiger partial charge in [-0.1, -0.05) is 42.5 Å². The molecule has 0 fully saturated rings. The predicted molar refractivity (Wildman–Crippen MR) is 98.4 cm³/mol. The molecule has 0 aliphatic rings. The summed E-state index contributed by atoms with van der Waals surface area (Å²) in [4.78, 5) is 17.5. The van der Waals surface area contributed by atoms with Crippen LogP contribution in [0.15, 0.2) is 64.5 Å². The van der Waals surface area contributed by atoms with Gasteiger partial charge in [0.2, 0.25) is 4.96 Å². The summed E-state index contributed by atoms with van der Waals surface area (Å²) in [5.74, 6) is 0.0433. The van der Waals surface area contributed by atoms with Crippen molar-refractivity contribution in [3.05, 3.63) is 70.0 Å². The maximum absolute atomic E-state index is 12.4. The van der Waals surface area contributed by atoms with Crippen molar-refractivity contribution in [3.8, 4) is 11.3 Å². The first-order chi connectivity index (χ1) is 11.7. The SMILES string of the molecule is O=C(Nc1nc2scc(-c3ccccc3)n2n1)c1ccccc1Br. The van der Waals surface area contributed by atoms with E-state index in [1.54, 1.807) is 10.6 Å². The van der Waals surface area contributed by atoms with Crippen molar-refractivity contribution in [3.63, 3.8) is 0 Å². The van der Waals surface area contributed by atoms with Crippen LogP contribution in [0.1, 0.15) is 10.4 Å². The molecular formula is C17H11BrN4OS. The van der Waals surface area contributed by atoms with Crippen LogP contribution < -0.4 is 5.32 Å². The third-order valence-corrected chi connectivity index (χ3v) is 5.00. The molecule has 118 valence electrons. The maximum atomic E-state index is 12.4. The van der Waals surface area contributed by atoms with E-state index in [4.69, 9.17) is 0 Å². The van der Waals surface area contributed by atoms with Crippen LogP contribution in [0.3, 0.4) is 0 Å². The van der Waals surface area contributed by atoms with Crippen molar-refractivity contribution in [1.29, 1.82) is 0 Å². The van der Waals surface area contributed by atoms with Crippen LogP contribution in [-0.4, -0.2) is 20.5 Å². The Hall–Kier alpha value is -2.51. The molecule has 1 amide bonds. The predicted octanol–water partition coefficient (Wildman–Crippen LogP) is 4.47. The standard InChI is InChI=1S/C17H11BrN4OS/c18-13-9-5-4-8-12(13)15(23)19-16-20-17-22(21-16)14(10-24-17)11-6-2-1-3-7-11/h1-10H,(H,19,21,23). The number of carbonyl (C=O) groups excluding carboxylic acids is 1. The highest BCUT2D eigenvalue weighted by Crippen LogP contribution is 2.26. The zero-order valence-electron chi connectivity index (χ0n) is 12.3. The van der Waals surface area contributed by atoms with Gasteiger partial charge in [-0.25, -0.2) is 4.52 Å². The average Bonchev–Trinajstić information content (AvgIpc) is 3.16. The van der Waals surface area contributed by atoms with Crippen LogP contribution in [0.4, 0.5) is 5.95 Å². The molecule has 0 saturated heterocycles. The van der Waals surface area contributed by atoms with E-state index in [1.807, 2.05) is 53.9 Å². The van der Waals surface area contributed by atoms with Crippen LogP contribution in [-0.2, 0) is 0 Å². The summed E-state index contributed by atoms with van der Waals surface area (Å²) in [7, 11) is 0. The Kier molecular flexibility index (Phi) is 3.87. The van der Waals surface area contributed by atoms with Crippen molar-refractivity contribution in [1.82, 2.24) is 14.6 Å². The number of benzene rings is 2. The van der Waals surface area contributed by atoms with Crippen LogP contribution in [0.25, 0.3) is 16.2 Å². The molecule has 0 bridgehead atoms. The first-order valence-corrected chi connectivity index (χ1v) is 8.85. The van der Waals surface area contributed by atoms with Gasteiger partial charge in [-0.05, 0) is 28.1 Å². The molecule has 2 aromatic carbocycles. The molecule has 7 heteroatoms. The van der Waals surface area contributed by atoms with Gasteiger partial charge < -0.3 is 0 Å². The fraction of sp³-hybridized carbons (Fsp3) is 0. The fourth-order valence-electron chi connectivity index (χ4n) is 2.36. The van der Waals surface area contributed by atoms with Crippen LogP contribution in [0, 0.1) is 0 Å². The molecule has 0 unspecified atom stereocenters. The number of anilines is 1. The Bertz CT molecular complexity index is 1030. The first kappa shape index (κ1) is 15.0. The number of amides is 1. The molecule has 0 spiro atoms. The summed E-state index contributed by atoms with van der Waals surface area (Å²) in [5, 5.41) is 9.16. The molecule has 0 aliphatic carbocycles. The Morgan fingerprint density at radius 3 is 2.62 bits per heavy atom. The number of nitrogens with one attached hydrogen (secondary N) is 1. The van der Waals surface area contributed by atoms with Gasteiger partial charge in [-0.2, -0.15) is 4.98 Å². The number of fused-ring (bicyclic) bond motifs is 1. The van der Waals surface area contributed by atoms with E-state index in [9.17, 15) is 4.79 Å². The number of halogens is 1. The van der Waals surface area contributed by atoms with E-state index in [2.05, 4.69) is 31.3 Å². The van der Waals surface area contributed by atoms with Crippen molar-refractivity contribution in [2.45, 2.75) is 0 Å². The molecule has 0 saturated carbocycles. The second kappa shape index (κ2) is 6.18. The number of carbonyl (C=O) groups is 1. The lowest BCUT2D eigenvalue weighted by atomic mass is 10.2. The second-order valence-corrected chi connectivity index (χ2v) is 6.74. The number of aromatic nitrogens is 3. The number of hydrogen-bond donors (Lipinski definition) is 1. The first-order valence-electron chi connectivity index (χ1n) is 7.18. The molecular weight excluding hydrogens is 388 g/mol. The Labute approximate surface area is 150 Å². The van der Waals surface area contributed by atoms with Gasteiger partial charge in [0.05, 0.1) is 11.3 Å². The molecule has 1 N–H and O–H groups in total. The van der Waals surface area contributed by atoms with Crippen LogP contribution in [0.2, 0.25) is 0 Å². The molecule has 0 atom stereocenters. The third kappa shape index (κ3) is 2.72. The highest BCUT2D eigenvalue weighted by molar-refractivity contribution is 9.10. The molecule has 4 aromatic rings. The number of nitrogens with zero attached hydrogens (tertiary/aromatic N) is 3. The molecule has 5 nitrogen and oxygen atoms in total. The van der Waals surface area contributed by atoms with Crippen molar-refractivity contribution in [2.24, 2.45) is 0 Å². The Morgan fingerprint density at radius 2 is 1.83 bits per heavy atom. The minimum Gasteiger partial charge on any atom is -0.289 e. The molecule has 0 radical (unpaired) electrons. The Morgan fingerprint density at radius 1 is 1.08 bits per heavy atom. The average molecular weight is 399 g/mol. The molecule has 2 heterocycles. The number of thiazole rings is 1. The van der Waals surface area contributed by atoms with Gasteiger partial charge in [0.15, 0.2) is 0 Å². The van der Waals surface area contributed by atoms with E-state index < -0.39 is 0 Å². The lowest BCUT2D eigenvalue weighted by molar-refractivity contribution is 0.102. The van der Waals surface area contributed by atoms with Gasteiger partial charge in [0, 0.05) is 15.4 Å². The van der Waals surface area contributed by atoms with Gasteiger partial charge in [-0.3, -0.25) is 10.1 Å². The molecule has 24 heavy (non-hydrogen) atoms. The van der Waals surface area contributed by atoms with Gasteiger partial charge >= 0.3 is 0 Å². The minimum atomic E-state index is -0.248. The van der Waals surface area contributed by atoms with Gasteiger partial charge in [0.1, 0.15) is 0 Å². The normalized spacial score (nSPS) is 10.9. The minimum absolute atomic E-state index is 0.248. The van der Waals surface area contributed by atoms with Crippen molar-refractivity contribution in [2.75, 3.05) is 5.32 Å². The van der Waals surface area contributed by atoms with E-state index >= 15 is 0 Å². The zero-order valence-corrected chi connectivity index (χ0v) is 14.7. The van der Waals surface area contributed by atoms with E-state index in [-0.39, 0.29) is 5.91 Å². The summed E-state index contributed by atoms with van der Waals surface area (Å²) in [5.41, 5.74) is 2.54. The van der Waals surface area contributed by atoms with E-state index in [0.717, 1.165) is 20.7 Å². The highest BCUT2D eigenvalue weighted by Gasteiger charge is 2.15. The number of rotatable bonds is 3. The van der Waals surface area contributed by atoms with Gasteiger partial charge in [0.25, 0.3) is 11.9 Å². The van der Waals surface area contributed by atoms with Crippen molar-refractivity contribution >= 4 is 44.1 Å². The monoisotopic (exact) mass is 398 g/mol. The summed E-state index contributed by atoms with van der Waals surface area (Å²) in [6, 6.07) is 17.2. The fourth-order valence-corrected chi connectivity index (χ4v) is 3.65. The van der Waals surface area contributed by atoms with Crippen LogP contribution >= 0.6 is 27.3 Å². The highest BCUT2D eigenvalue weighted by atomic mass is 79.9. The smallest absolute Gasteiger partial charge is 0.259 e. The summed E-state index contributed by atoms with van der Waals surface area (Å²) >= 11 is 4.86. The second-order valence-electron chi connectivity index (χ2n) is 5.05. The summed E-state index contributed by atoms with van der Waals surface area (Å²) in [6.45, 7) is 0. The lowest BCUT2D eigenvalue weighted by Crippen LogP contribution is -2.13. The van der Waals surface area contributed by atoms with E-state index in [1.165, 1.54) is 11.3 Å². The topological polar surface area (TPSA) is 59.3 Å². The quantitative estimate of drug-likeness (QED) is 0.553. The number of hydrogen-bond acceptors (Lipinski definition) is 4. The zero-order chi connectivity index (χ0) is 16.5. The summed E-state index contributed by atoms with van der Waals surface area (Å²) in [6.07, 6.45) is 0. The van der Waals surface area contributed by atoms with Crippen LogP contribution in [0.5, 0.6) is 0 Å². The molecule has 0 aliphatic heterocycles. The maximum Gasteiger partial charge on any atom is 0.259 e. The lowest BCUT2D eigenvalue weighted by Gasteiger charge is -2.03. The van der Waals surface area contributed by atoms with E-state index in [0.29, 0.717) is 11.5 Å².